The van der Waals surface area contributed by atoms with Gasteiger partial charge in [0, 0.05) is 12.5 Å². The molecule has 1 aliphatic rings. The summed E-state index contributed by atoms with van der Waals surface area (Å²) in [6.07, 6.45) is 2.39. The molecule has 84 valence electrons. The van der Waals surface area contributed by atoms with Crippen molar-refractivity contribution in [1.29, 1.82) is 0 Å². The maximum absolute atomic E-state index is 5.15. The molecule has 0 radical (unpaired) electrons. The molecule has 2 rings (SSSR count). The third kappa shape index (κ3) is 2.54. The molecule has 1 saturated heterocycles. The molecule has 0 spiro atoms. The Morgan fingerprint density at radius 1 is 1.60 bits per heavy atom. The van der Waals surface area contributed by atoms with Gasteiger partial charge in [0.25, 0.3) is 0 Å². The quantitative estimate of drug-likeness (QED) is 0.791. The smallest absolute Gasteiger partial charge is 0.240 e. The minimum Gasteiger partial charge on any atom is -0.338 e. The van der Waals surface area contributed by atoms with Crippen LogP contribution >= 0.6 is 0 Å². The lowest BCUT2D eigenvalue weighted by molar-refractivity contribution is 0.242. The fourth-order valence-corrected chi connectivity index (χ4v) is 2.03. The number of rotatable bonds is 3. The van der Waals surface area contributed by atoms with Gasteiger partial charge in [-0.2, -0.15) is 4.98 Å². The molecule has 5 heteroatoms. The van der Waals surface area contributed by atoms with Crippen LogP contribution in [0.4, 0.5) is 0 Å². The van der Waals surface area contributed by atoms with E-state index >= 15 is 0 Å². The van der Waals surface area contributed by atoms with Crippen molar-refractivity contribution in [2.45, 2.75) is 25.3 Å². The van der Waals surface area contributed by atoms with Gasteiger partial charge in [0.2, 0.25) is 5.89 Å². The minimum atomic E-state index is 0.443. The minimum absolute atomic E-state index is 0.443. The van der Waals surface area contributed by atoms with E-state index in [9.17, 15) is 0 Å². The first-order valence-electron chi connectivity index (χ1n) is 5.45. The maximum Gasteiger partial charge on any atom is 0.240 e. The van der Waals surface area contributed by atoms with Gasteiger partial charge in [0.15, 0.2) is 5.82 Å². The van der Waals surface area contributed by atoms with E-state index in [1.807, 2.05) is 7.05 Å². The van der Waals surface area contributed by atoms with Crippen LogP contribution in [0, 0.1) is 0 Å². The van der Waals surface area contributed by atoms with E-state index in [-0.39, 0.29) is 0 Å². The molecule has 0 bridgehead atoms. The van der Waals surface area contributed by atoms with Crippen LogP contribution in [0.1, 0.15) is 30.5 Å². The third-order valence-electron chi connectivity index (χ3n) is 2.80. The number of aromatic nitrogens is 2. The molecule has 0 saturated carbocycles. The highest BCUT2D eigenvalue weighted by Gasteiger charge is 2.23. The molecule has 2 heterocycles. The maximum atomic E-state index is 5.15. The molecule has 1 fully saturated rings. The largest absolute Gasteiger partial charge is 0.338 e. The van der Waals surface area contributed by atoms with Crippen LogP contribution in [-0.4, -0.2) is 42.2 Å². The van der Waals surface area contributed by atoms with Gasteiger partial charge in [-0.1, -0.05) is 5.16 Å². The average molecular weight is 210 g/mol. The number of likely N-dealkylation sites (tertiary alicyclic amines) is 1. The number of piperidine rings is 1. The summed E-state index contributed by atoms with van der Waals surface area (Å²) >= 11 is 0. The summed E-state index contributed by atoms with van der Waals surface area (Å²) in [5.74, 6) is 1.99. The lowest BCUT2D eigenvalue weighted by atomic mass is 9.98. The molecule has 1 aromatic rings. The summed E-state index contributed by atoms with van der Waals surface area (Å²) < 4.78 is 5.15. The Morgan fingerprint density at radius 3 is 3.20 bits per heavy atom. The molecule has 1 unspecified atom stereocenters. The number of hydrogen-bond acceptors (Lipinski definition) is 5. The number of nitrogens with zero attached hydrogens (tertiary/aromatic N) is 3. The lowest BCUT2D eigenvalue weighted by Crippen LogP contribution is -2.31. The van der Waals surface area contributed by atoms with E-state index in [0.29, 0.717) is 18.4 Å². The first-order valence-corrected chi connectivity index (χ1v) is 5.45. The summed E-state index contributed by atoms with van der Waals surface area (Å²) in [6, 6.07) is 0. The fraction of sp³-hybridized carbons (Fsp3) is 0.800. The Bertz CT molecular complexity index is 312. The second-order valence-corrected chi connectivity index (χ2v) is 4.18. The van der Waals surface area contributed by atoms with Crippen molar-refractivity contribution < 1.29 is 4.52 Å². The van der Waals surface area contributed by atoms with Crippen LogP contribution in [0.2, 0.25) is 0 Å². The second kappa shape index (κ2) is 4.72. The van der Waals surface area contributed by atoms with E-state index < -0.39 is 0 Å². The Kier molecular flexibility index (Phi) is 3.33. The van der Waals surface area contributed by atoms with Gasteiger partial charge in [0.1, 0.15) is 0 Å². The lowest BCUT2D eigenvalue weighted by Gasteiger charge is -2.27. The summed E-state index contributed by atoms with van der Waals surface area (Å²) in [7, 11) is 4.01. The topological polar surface area (TPSA) is 54.2 Å². The molecule has 0 aliphatic carbocycles. The first kappa shape index (κ1) is 10.6. The van der Waals surface area contributed by atoms with Crippen molar-refractivity contribution in [3.63, 3.8) is 0 Å². The molecule has 1 N–H and O–H groups in total. The van der Waals surface area contributed by atoms with Crippen LogP contribution in [0.25, 0.3) is 0 Å². The standard InChI is InChI=1S/C10H18N4O/c1-11-6-9-12-10(13-15-9)8-4-3-5-14(2)7-8/h8,11H,3-7H2,1-2H3. The molecule has 0 aromatic carbocycles. The zero-order chi connectivity index (χ0) is 10.7. The van der Waals surface area contributed by atoms with Gasteiger partial charge in [-0.3, -0.25) is 0 Å². The van der Waals surface area contributed by atoms with Gasteiger partial charge >= 0.3 is 0 Å². The second-order valence-electron chi connectivity index (χ2n) is 4.18. The van der Waals surface area contributed by atoms with Gasteiger partial charge in [0.05, 0.1) is 6.54 Å². The van der Waals surface area contributed by atoms with Gasteiger partial charge in [-0.05, 0) is 33.5 Å². The highest BCUT2D eigenvalue weighted by atomic mass is 16.5. The summed E-state index contributed by atoms with van der Waals surface area (Å²) in [4.78, 5) is 6.71. The number of hydrogen-bond donors (Lipinski definition) is 1. The number of likely N-dealkylation sites (N-methyl/N-ethyl adjacent to an activating group) is 1. The Balaban J connectivity index is 2.01. The average Bonchev–Trinajstić information content (AvgIpc) is 2.67. The Morgan fingerprint density at radius 2 is 2.47 bits per heavy atom. The van der Waals surface area contributed by atoms with Gasteiger partial charge in [-0.25, -0.2) is 0 Å². The van der Waals surface area contributed by atoms with Crippen molar-refractivity contribution in [2.75, 3.05) is 27.2 Å². The first-order chi connectivity index (χ1) is 7.29. The van der Waals surface area contributed by atoms with Crippen LogP contribution in [0.5, 0.6) is 0 Å². The van der Waals surface area contributed by atoms with Crippen LogP contribution in [0.15, 0.2) is 4.52 Å². The molecule has 1 aliphatic heterocycles. The molecular weight excluding hydrogens is 192 g/mol. The normalized spacial score (nSPS) is 23.2. The molecule has 15 heavy (non-hydrogen) atoms. The predicted octanol–water partition coefficient (Wildman–Crippen LogP) is 0.598. The van der Waals surface area contributed by atoms with E-state index in [2.05, 4.69) is 27.4 Å². The van der Waals surface area contributed by atoms with Crippen LogP contribution in [-0.2, 0) is 6.54 Å². The Labute approximate surface area is 89.8 Å². The highest BCUT2D eigenvalue weighted by molar-refractivity contribution is 4.98. The van der Waals surface area contributed by atoms with Crippen molar-refractivity contribution in [1.82, 2.24) is 20.4 Å². The van der Waals surface area contributed by atoms with E-state index in [0.717, 1.165) is 12.4 Å². The monoisotopic (exact) mass is 210 g/mol. The van der Waals surface area contributed by atoms with Gasteiger partial charge < -0.3 is 14.7 Å². The highest BCUT2D eigenvalue weighted by Crippen LogP contribution is 2.23. The van der Waals surface area contributed by atoms with Crippen molar-refractivity contribution in [3.05, 3.63) is 11.7 Å². The van der Waals surface area contributed by atoms with Crippen molar-refractivity contribution in [2.24, 2.45) is 0 Å². The van der Waals surface area contributed by atoms with Crippen LogP contribution < -0.4 is 5.32 Å². The summed E-state index contributed by atoms with van der Waals surface area (Å²) in [5.41, 5.74) is 0. The molecule has 1 aromatic heterocycles. The van der Waals surface area contributed by atoms with Crippen molar-refractivity contribution in [3.8, 4) is 0 Å². The summed E-state index contributed by atoms with van der Waals surface area (Å²) in [5, 5.41) is 7.04. The molecule has 5 nitrogen and oxygen atoms in total. The molecule has 0 amide bonds. The molecular formula is C10H18N4O. The van der Waals surface area contributed by atoms with E-state index in [1.54, 1.807) is 0 Å². The zero-order valence-electron chi connectivity index (χ0n) is 9.36. The summed E-state index contributed by atoms with van der Waals surface area (Å²) in [6.45, 7) is 2.87. The fourth-order valence-electron chi connectivity index (χ4n) is 2.03. The number of nitrogens with one attached hydrogen (secondary N) is 1. The van der Waals surface area contributed by atoms with Gasteiger partial charge in [-0.15, -0.1) is 0 Å². The Hall–Kier alpha value is -0.940. The SMILES string of the molecule is CNCc1nc(C2CCCN(C)C2)no1. The molecule has 1 atom stereocenters. The van der Waals surface area contributed by atoms with Crippen molar-refractivity contribution >= 4 is 0 Å². The zero-order valence-corrected chi connectivity index (χ0v) is 9.36. The third-order valence-corrected chi connectivity index (χ3v) is 2.80. The van der Waals surface area contributed by atoms with E-state index in [4.69, 9.17) is 4.52 Å². The predicted molar refractivity (Wildman–Crippen MR) is 56.5 cm³/mol. The van der Waals surface area contributed by atoms with Crippen LogP contribution in [0.3, 0.4) is 0 Å². The van der Waals surface area contributed by atoms with E-state index in [1.165, 1.54) is 19.4 Å².